The molecule has 1 aliphatic heterocycles. The summed E-state index contributed by atoms with van der Waals surface area (Å²) in [5.74, 6) is 0.419. The first-order valence-corrected chi connectivity index (χ1v) is 8.52. The van der Waals surface area contributed by atoms with Crippen molar-refractivity contribution in [3.8, 4) is 0 Å². The molecule has 0 saturated heterocycles. The van der Waals surface area contributed by atoms with E-state index in [4.69, 9.17) is 15.2 Å². The first-order chi connectivity index (χ1) is 12.3. The zero-order valence-electron chi connectivity index (χ0n) is 15.5. The lowest BCUT2D eigenvalue weighted by Crippen LogP contribution is -2.36. The minimum absolute atomic E-state index is 0.286. The third-order valence-electron chi connectivity index (χ3n) is 3.74. The highest BCUT2D eigenvalue weighted by atomic mass is 16.6. The van der Waals surface area contributed by atoms with Crippen molar-refractivity contribution < 1.29 is 14.3 Å². The number of carbonyl (C=O) groups is 1. The summed E-state index contributed by atoms with van der Waals surface area (Å²) in [5, 5.41) is 0. The molecular formula is C20H25N3O3. The van der Waals surface area contributed by atoms with E-state index in [9.17, 15) is 4.79 Å². The van der Waals surface area contributed by atoms with Crippen molar-refractivity contribution in [3.63, 3.8) is 0 Å². The molecule has 0 unspecified atom stereocenters. The number of rotatable bonds is 5. The van der Waals surface area contributed by atoms with Gasteiger partial charge in [0.1, 0.15) is 5.76 Å². The van der Waals surface area contributed by atoms with Gasteiger partial charge in [-0.2, -0.15) is 0 Å². The molecule has 2 N–H and O–H groups in total. The van der Waals surface area contributed by atoms with Crippen LogP contribution < -0.4 is 5.73 Å². The Kier molecular flexibility index (Phi) is 6.33. The van der Waals surface area contributed by atoms with E-state index in [-0.39, 0.29) is 5.96 Å². The van der Waals surface area contributed by atoms with Gasteiger partial charge in [-0.05, 0) is 68.2 Å². The first kappa shape index (κ1) is 19.4. The molecular weight excluding hydrogens is 330 g/mol. The maximum atomic E-state index is 12.0. The van der Waals surface area contributed by atoms with Crippen molar-refractivity contribution in [2.24, 2.45) is 15.7 Å². The van der Waals surface area contributed by atoms with E-state index >= 15 is 0 Å². The number of hydrogen-bond donors (Lipinski definition) is 1. The summed E-state index contributed by atoms with van der Waals surface area (Å²) < 4.78 is 10.9. The minimum Gasteiger partial charge on any atom is -0.476 e. The van der Waals surface area contributed by atoms with Crippen LogP contribution >= 0.6 is 0 Å². The molecule has 1 aliphatic carbocycles. The summed E-state index contributed by atoms with van der Waals surface area (Å²) in [4.78, 5) is 20.2. The van der Waals surface area contributed by atoms with Crippen molar-refractivity contribution in [2.75, 3.05) is 13.2 Å². The SMILES string of the molecule is C=C1C=C(OC(C)(C)C(=O)OCC)C=CC(/C2=C/C=NC(N)=NCC2)=C1. The molecule has 0 aromatic carbocycles. The second-order valence-corrected chi connectivity index (χ2v) is 6.35. The standard InChI is InChI=1S/C20H25N3O3/c1-5-25-18(24)20(3,4)26-17-7-6-16(12-14(2)13-17)15-8-10-22-19(21)23-11-9-15/h6-8,10,12-13H,2,5,9,11H2,1,3-4H3,(H2,21,23)/b15-8+,22-10?. The molecule has 0 spiro atoms. The summed E-state index contributed by atoms with van der Waals surface area (Å²) in [6, 6.07) is 0. The molecule has 0 atom stereocenters. The largest absolute Gasteiger partial charge is 0.476 e. The first-order valence-electron chi connectivity index (χ1n) is 8.52. The molecule has 6 nitrogen and oxygen atoms in total. The zero-order chi connectivity index (χ0) is 19.2. The van der Waals surface area contributed by atoms with E-state index < -0.39 is 11.6 Å². The van der Waals surface area contributed by atoms with Gasteiger partial charge in [0.2, 0.25) is 5.96 Å². The summed E-state index contributed by atoms with van der Waals surface area (Å²) in [6.45, 7) is 10.0. The summed E-state index contributed by atoms with van der Waals surface area (Å²) in [6.07, 6.45) is 11.8. The smallest absolute Gasteiger partial charge is 0.349 e. The topological polar surface area (TPSA) is 86.3 Å². The van der Waals surface area contributed by atoms with Crippen LogP contribution in [0.5, 0.6) is 0 Å². The van der Waals surface area contributed by atoms with Gasteiger partial charge in [0.15, 0.2) is 5.60 Å². The predicted octanol–water partition coefficient (Wildman–Crippen LogP) is 3.00. The van der Waals surface area contributed by atoms with Gasteiger partial charge in [-0.3, -0.25) is 4.99 Å². The lowest BCUT2D eigenvalue weighted by molar-refractivity contribution is -0.162. The predicted molar refractivity (Wildman–Crippen MR) is 104 cm³/mol. The molecule has 6 heteroatoms. The number of carbonyl (C=O) groups excluding carboxylic acids is 1. The highest BCUT2D eigenvalue weighted by Gasteiger charge is 2.32. The highest BCUT2D eigenvalue weighted by molar-refractivity contribution is 5.90. The Labute approximate surface area is 154 Å². The summed E-state index contributed by atoms with van der Waals surface area (Å²) in [5.41, 5.74) is 7.35. The van der Waals surface area contributed by atoms with Crippen LogP contribution in [-0.4, -0.2) is 36.9 Å². The Morgan fingerprint density at radius 1 is 1.35 bits per heavy atom. The van der Waals surface area contributed by atoms with Gasteiger partial charge in [0.25, 0.3) is 0 Å². The average molecular weight is 355 g/mol. The second kappa shape index (κ2) is 8.47. The molecule has 0 bridgehead atoms. The van der Waals surface area contributed by atoms with Gasteiger partial charge in [-0.15, -0.1) is 0 Å². The van der Waals surface area contributed by atoms with Gasteiger partial charge < -0.3 is 15.2 Å². The van der Waals surface area contributed by atoms with E-state index in [1.165, 1.54) is 0 Å². The zero-order valence-corrected chi connectivity index (χ0v) is 15.5. The fourth-order valence-electron chi connectivity index (χ4n) is 2.46. The monoisotopic (exact) mass is 355 g/mol. The maximum Gasteiger partial charge on any atom is 0.349 e. The number of guanidine groups is 1. The maximum absolute atomic E-state index is 12.0. The highest BCUT2D eigenvalue weighted by Crippen LogP contribution is 2.25. The summed E-state index contributed by atoms with van der Waals surface area (Å²) in [7, 11) is 0. The molecule has 0 fully saturated rings. The summed E-state index contributed by atoms with van der Waals surface area (Å²) >= 11 is 0. The Morgan fingerprint density at radius 2 is 2.12 bits per heavy atom. The second-order valence-electron chi connectivity index (χ2n) is 6.35. The number of allylic oxidation sites excluding steroid dienone is 7. The normalized spacial score (nSPS) is 19.9. The van der Waals surface area contributed by atoms with Crippen LogP contribution in [-0.2, 0) is 14.3 Å². The fourth-order valence-corrected chi connectivity index (χ4v) is 2.46. The van der Waals surface area contributed by atoms with Crippen LogP contribution in [0.2, 0.25) is 0 Å². The van der Waals surface area contributed by atoms with Crippen LogP contribution in [0.4, 0.5) is 0 Å². The van der Waals surface area contributed by atoms with Gasteiger partial charge >= 0.3 is 5.97 Å². The van der Waals surface area contributed by atoms with Crippen LogP contribution in [0.15, 0.2) is 69.4 Å². The van der Waals surface area contributed by atoms with Crippen LogP contribution in [0.1, 0.15) is 27.2 Å². The van der Waals surface area contributed by atoms with Crippen molar-refractivity contribution in [1.82, 2.24) is 0 Å². The number of aliphatic imine (C=N–C) groups is 2. The average Bonchev–Trinajstić information content (AvgIpc) is 2.71. The van der Waals surface area contributed by atoms with E-state index in [1.54, 1.807) is 33.1 Å². The number of hydrogen-bond acceptors (Lipinski definition) is 6. The molecule has 138 valence electrons. The van der Waals surface area contributed by atoms with E-state index in [0.717, 1.165) is 23.1 Å². The van der Waals surface area contributed by atoms with E-state index in [0.29, 0.717) is 18.9 Å². The van der Waals surface area contributed by atoms with Crippen molar-refractivity contribution in [3.05, 3.63) is 59.4 Å². The molecule has 1 heterocycles. The lowest BCUT2D eigenvalue weighted by atomic mass is 10.0. The number of nitrogens with two attached hydrogens (primary N) is 1. The molecule has 0 radical (unpaired) electrons. The number of nitrogens with zero attached hydrogens (tertiary/aromatic N) is 2. The Morgan fingerprint density at radius 3 is 2.85 bits per heavy atom. The third-order valence-corrected chi connectivity index (χ3v) is 3.74. The van der Waals surface area contributed by atoms with Crippen molar-refractivity contribution >= 4 is 18.1 Å². The Hall–Kier alpha value is -2.89. The quantitative estimate of drug-likeness (QED) is 0.768. The number of ether oxygens (including phenoxy) is 2. The molecule has 2 aliphatic rings. The van der Waals surface area contributed by atoms with Gasteiger partial charge in [0, 0.05) is 12.8 Å². The van der Waals surface area contributed by atoms with E-state index in [2.05, 4.69) is 16.6 Å². The molecule has 2 rings (SSSR count). The molecule has 0 saturated carbocycles. The third kappa shape index (κ3) is 5.31. The Bertz CT molecular complexity index is 765. The van der Waals surface area contributed by atoms with Gasteiger partial charge in [-0.1, -0.05) is 12.7 Å². The number of esters is 1. The van der Waals surface area contributed by atoms with Crippen LogP contribution in [0.25, 0.3) is 0 Å². The minimum atomic E-state index is -1.09. The van der Waals surface area contributed by atoms with Crippen molar-refractivity contribution in [1.29, 1.82) is 0 Å². The Balaban J connectivity index is 2.17. The molecule has 26 heavy (non-hydrogen) atoms. The molecule has 0 aromatic rings. The van der Waals surface area contributed by atoms with Gasteiger partial charge in [-0.25, -0.2) is 9.79 Å². The van der Waals surface area contributed by atoms with Crippen molar-refractivity contribution in [2.45, 2.75) is 32.8 Å². The van der Waals surface area contributed by atoms with Crippen LogP contribution in [0, 0.1) is 0 Å². The fraction of sp³-hybridized carbons (Fsp3) is 0.350. The van der Waals surface area contributed by atoms with Gasteiger partial charge in [0.05, 0.1) is 6.61 Å². The lowest BCUT2D eigenvalue weighted by Gasteiger charge is -2.24. The molecule has 0 aromatic heterocycles. The van der Waals surface area contributed by atoms with E-state index in [1.807, 2.05) is 24.3 Å². The van der Waals surface area contributed by atoms with Crippen LogP contribution in [0.3, 0.4) is 0 Å². The molecule has 0 amide bonds.